The summed E-state index contributed by atoms with van der Waals surface area (Å²) in [6, 6.07) is 10.2. The average Bonchev–Trinajstić information content (AvgIpc) is 2.63. The molecule has 1 heterocycles. The molecule has 1 saturated heterocycles. The third-order valence-electron chi connectivity index (χ3n) is 4.96. The van der Waals surface area contributed by atoms with Gasteiger partial charge < -0.3 is 10.4 Å². The lowest BCUT2D eigenvalue weighted by Crippen LogP contribution is -2.52. The van der Waals surface area contributed by atoms with Crippen molar-refractivity contribution >= 4 is 11.9 Å². The Labute approximate surface area is 156 Å². The van der Waals surface area contributed by atoms with Crippen molar-refractivity contribution in [2.45, 2.75) is 51.7 Å². The minimum absolute atomic E-state index is 0.0683. The van der Waals surface area contributed by atoms with Crippen LogP contribution in [0.1, 0.15) is 38.7 Å². The first-order chi connectivity index (χ1) is 12.5. The summed E-state index contributed by atoms with van der Waals surface area (Å²) in [5, 5.41) is 12.1. The van der Waals surface area contributed by atoms with Gasteiger partial charge in [-0.15, -0.1) is 0 Å². The van der Waals surface area contributed by atoms with Crippen LogP contribution in [0.25, 0.3) is 0 Å². The Balaban J connectivity index is 1.78. The van der Waals surface area contributed by atoms with Crippen molar-refractivity contribution in [2.75, 3.05) is 26.2 Å². The van der Waals surface area contributed by atoms with Crippen LogP contribution in [-0.4, -0.2) is 65.0 Å². The third kappa shape index (κ3) is 6.42. The summed E-state index contributed by atoms with van der Waals surface area (Å²) in [7, 11) is 0. The van der Waals surface area contributed by atoms with Crippen LogP contribution in [0, 0.1) is 0 Å². The predicted octanol–water partition coefficient (Wildman–Crippen LogP) is 1.95. The molecule has 1 aliphatic rings. The molecule has 1 aromatic carbocycles. The van der Waals surface area contributed by atoms with Crippen LogP contribution in [-0.2, 0) is 16.1 Å². The zero-order valence-corrected chi connectivity index (χ0v) is 15.9. The second kappa shape index (κ2) is 10.3. The van der Waals surface area contributed by atoms with Gasteiger partial charge in [0.25, 0.3) is 0 Å². The molecule has 1 unspecified atom stereocenters. The quantitative estimate of drug-likeness (QED) is 0.703. The summed E-state index contributed by atoms with van der Waals surface area (Å²) >= 11 is 0. The molecule has 1 aromatic rings. The standard InChI is InChI=1S/C20H31N3O3/c1-3-11-23(15-19(24)25)16(2)20(26)21-18-9-12-22(13-10-18)14-17-7-5-4-6-8-17/h4-8,16,18H,3,9-15H2,1-2H3,(H,21,26)(H,24,25). The predicted molar refractivity (Wildman–Crippen MR) is 102 cm³/mol. The monoisotopic (exact) mass is 361 g/mol. The number of hydrogen-bond donors (Lipinski definition) is 2. The van der Waals surface area contributed by atoms with Crippen LogP contribution >= 0.6 is 0 Å². The minimum Gasteiger partial charge on any atom is -0.480 e. The molecular weight excluding hydrogens is 330 g/mol. The van der Waals surface area contributed by atoms with Crippen molar-refractivity contribution in [3.8, 4) is 0 Å². The van der Waals surface area contributed by atoms with Crippen LogP contribution in [0.5, 0.6) is 0 Å². The number of carbonyl (C=O) groups excluding carboxylic acids is 1. The first-order valence-corrected chi connectivity index (χ1v) is 9.52. The van der Waals surface area contributed by atoms with Gasteiger partial charge in [-0.3, -0.25) is 19.4 Å². The molecule has 0 spiro atoms. The maximum absolute atomic E-state index is 12.5. The van der Waals surface area contributed by atoms with Crippen LogP contribution in [0.3, 0.4) is 0 Å². The van der Waals surface area contributed by atoms with Gasteiger partial charge in [0, 0.05) is 25.7 Å². The second-order valence-electron chi connectivity index (χ2n) is 7.08. The number of benzene rings is 1. The van der Waals surface area contributed by atoms with Gasteiger partial charge >= 0.3 is 5.97 Å². The van der Waals surface area contributed by atoms with Crippen molar-refractivity contribution in [3.05, 3.63) is 35.9 Å². The zero-order chi connectivity index (χ0) is 18.9. The zero-order valence-electron chi connectivity index (χ0n) is 15.9. The molecule has 0 aromatic heterocycles. The van der Waals surface area contributed by atoms with Crippen LogP contribution in [0.4, 0.5) is 0 Å². The molecule has 1 fully saturated rings. The highest BCUT2D eigenvalue weighted by Gasteiger charge is 2.26. The van der Waals surface area contributed by atoms with E-state index in [1.54, 1.807) is 11.8 Å². The Morgan fingerprint density at radius 1 is 1.27 bits per heavy atom. The number of carboxylic acids is 1. The molecule has 1 amide bonds. The minimum atomic E-state index is -0.896. The maximum atomic E-state index is 12.5. The van der Waals surface area contributed by atoms with E-state index < -0.39 is 12.0 Å². The number of amides is 1. The molecule has 2 rings (SSSR count). The molecule has 144 valence electrons. The van der Waals surface area contributed by atoms with Gasteiger partial charge in [0.15, 0.2) is 0 Å². The number of aliphatic carboxylic acids is 1. The first kappa shape index (κ1) is 20.4. The number of rotatable bonds is 9. The highest BCUT2D eigenvalue weighted by atomic mass is 16.4. The second-order valence-corrected chi connectivity index (χ2v) is 7.08. The SMILES string of the molecule is CCCN(CC(=O)O)C(C)C(=O)NC1CCN(Cc2ccccc2)CC1. The molecule has 1 aliphatic heterocycles. The van der Waals surface area contributed by atoms with E-state index >= 15 is 0 Å². The lowest BCUT2D eigenvalue weighted by Gasteiger charge is -2.34. The van der Waals surface area contributed by atoms with Gasteiger partial charge in [-0.25, -0.2) is 0 Å². The van der Waals surface area contributed by atoms with Crippen molar-refractivity contribution in [1.82, 2.24) is 15.1 Å². The number of carboxylic acid groups (broad SMARTS) is 1. The summed E-state index contributed by atoms with van der Waals surface area (Å²) in [6.07, 6.45) is 2.68. The van der Waals surface area contributed by atoms with Gasteiger partial charge in [-0.1, -0.05) is 37.3 Å². The van der Waals surface area contributed by atoms with E-state index in [-0.39, 0.29) is 18.5 Å². The van der Waals surface area contributed by atoms with E-state index in [9.17, 15) is 9.59 Å². The lowest BCUT2D eigenvalue weighted by atomic mass is 10.0. The van der Waals surface area contributed by atoms with Gasteiger partial charge in [0.1, 0.15) is 0 Å². The topological polar surface area (TPSA) is 72.9 Å². The number of nitrogens with one attached hydrogen (secondary N) is 1. The van der Waals surface area contributed by atoms with Crippen LogP contribution < -0.4 is 5.32 Å². The molecular formula is C20H31N3O3. The maximum Gasteiger partial charge on any atom is 0.317 e. The lowest BCUT2D eigenvalue weighted by molar-refractivity contribution is -0.140. The fraction of sp³-hybridized carbons (Fsp3) is 0.600. The Morgan fingerprint density at radius 3 is 2.50 bits per heavy atom. The fourth-order valence-electron chi connectivity index (χ4n) is 3.44. The van der Waals surface area contributed by atoms with Gasteiger partial charge in [0.2, 0.25) is 5.91 Å². The van der Waals surface area contributed by atoms with E-state index in [2.05, 4.69) is 34.5 Å². The first-order valence-electron chi connectivity index (χ1n) is 9.52. The molecule has 1 atom stereocenters. The number of piperidine rings is 1. The molecule has 26 heavy (non-hydrogen) atoms. The van der Waals surface area contributed by atoms with E-state index in [0.717, 1.165) is 38.9 Å². The highest BCUT2D eigenvalue weighted by Crippen LogP contribution is 2.14. The Bertz CT molecular complexity index is 571. The number of hydrogen-bond acceptors (Lipinski definition) is 4. The van der Waals surface area contributed by atoms with E-state index in [0.29, 0.717) is 6.54 Å². The smallest absolute Gasteiger partial charge is 0.317 e. The van der Waals surface area contributed by atoms with Crippen LogP contribution in [0.2, 0.25) is 0 Å². The summed E-state index contributed by atoms with van der Waals surface area (Å²) in [6.45, 7) is 7.15. The molecule has 0 saturated carbocycles. The van der Waals surface area contributed by atoms with Crippen molar-refractivity contribution in [3.63, 3.8) is 0 Å². The fourth-order valence-corrected chi connectivity index (χ4v) is 3.44. The highest BCUT2D eigenvalue weighted by molar-refractivity contribution is 5.82. The number of likely N-dealkylation sites (tertiary alicyclic amines) is 1. The van der Waals surface area contributed by atoms with Crippen molar-refractivity contribution in [2.24, 2.45) is 0 Å². The van der Waals surface area contributed by atoms with Crippen molar-refractivity contribution < 1.29 is 14.7 Å². The number of carbonyl (C=O) groups is 2. The normalized spacial score (nSPS) is 17.2. The molecule has 6 heteroatoms. The summed E-state index contributed by atoms with van der Waals surface area (Å²) in [5.41, 5.74) is 1.31. The van der Waals surface area contributed by atoms with E-state index in [4.69, 9.17) is 5.11 Å². The van der Waals surface area contributed by atoms with Gasteiger partial charge in [-0.2, -0.15) is 0 Å². The Morgan fingerprint density at radius 2 is 1.92 bits per heavy atom. The molecule has 0 bridgehead atoms. The number of nitrogens with zero attached hydrogens (tertiary/aromatic N) is 2. The largest absolute Gasteiger partial charge is 0.480 e. The van der Waals surface area contributed by atoms with Gasteiger partial charge in [-0.05, 0) is 38.3 Å². The third-order valence-corrected chi connectivity index (χ3v) is 4.96. The molecule has 0 aliphatic carbocycles. The average molecular weight is 361 g/mol. The Hall–Kier alpha value is -1.92. The van der Waals surface area contributed by atoms with Gasteiger partial charge in [0.05, 0.1) is 12.6 Å². The van der Waals surface area contributed by atoms with Crippen LogP contribution in [0.15, 0.2) is 30.3 Å². The molecule has 6 nitrogen and oxygen atoms in total. The van der Waals surface area contributed by atoms with Crippen molar-refractivity contribution in [1.29, 1.82) is 0 Å². The Kier molecular flexibility index (Phi) is 8.06. The molecule has 0 radical (unpaired) electrons. The summed E-state index contributed by atoms with van der Waals surface area (Å²) < 4.78 is 0. The summed E-state index contributed by atoms with van der Waals surface area (Å²) in [4.78, 5) is 27.7. The molecule has 2 N–H and O–H groups in total. The van der Waals surface area contributed by atoms with E-state index in [1.165, 1.54) is 5.56 Å². The van der Waals surface area contributed by atoms with E-state index in [1.807, 2.05) is 13.0 Å². The summed E-state index contributed by atoms with van der Waals surface area (Å²) in [5.74, 6) is -0.964.